The van der Waals surface area contributed by atoms with E-state index in [2.05, 4.69) is 10.6 Å². The fourth-order valence-electron chi connectivity index (χ4n) is 2.68. The van der Waals surface area contributed by atoms with E-state index in [0.717, 1.165) is 32.4 Å². The number of para-hydroxylation sites is 1. The van der Waals surface area contributed by atoms with Gasteiger partial charge in [-0.2, -0.15) is 0 Å². The maximum Gasteiger partial charge on any atom is 0.255 e. The first-order valence-electron chi connectivity index (χ1n) is 7.25. The van der Waals surface area contributed by atoms with Crippen LogP contribution in [0.1, 0.15) is 29.6 Å². The maximum atomic E-state index is 12.4. The highest BCUT2D eigenvalue weighted by atomic mass is 16.6. The number of ether oxygens (including phenoxy) is 2. The van der Waals surface area contributed by atoms with Gasteiger partial charge in [0.25, 0.3) is 5.91 Å². The van der Waals surface area contributed by atoms with Gasteiger partial charge in [0.15, 0.2) is 11.5 Å². The molecule has 0 bridgehead atoms. The summed E-state index contributed by atoms with van der Waals surface area (Å²) in [6.07, 6.45) is 3.08. The average molecular weight is 276 g/mol. The Kier molecular flexibility index (Phi) is 4.06. The Morgan fingerprint density at radius 1 is 1.20 bits per heavy atom. The van der Waals surface area contributed by atoms with Crippen LogP contribution in [0.15, 0.2) is 18.2 Å². The lowest BCUT2D eigenvalue weighted by atomic mass is 10.1. The first kappa shape index (κ1) is 13.2. The Bertz CT molecular complexity index is 482. The fourth-order valence-corrected chi connectivity index (χ4v) is 2.68. The van der Waals surface area contributed by atoms with Gasteiger partial charge >= 0.3 is 0 Å². The summed E-state index contributed by atoms with van der Waals surface area (Å²) in [7, 11) is 0. The van der Waals surface area contributed by atoms with E-state index in [0.29, 0.717) is 30.3 Å². The highest BCUT2D eigenvalue weighted by Crippen LogP contribution is 2.33. The summed E-state index contributed by atoms with van der Waals surface area (Å²) in [5.41, 5.74) is 0.569. The summed E-state index contributed by atoms with van der Waals surface area (Å²) >= 11 is 0. The number of fused-ring (bicyclic) bond motifs is 1. The minimum Gasteiger partial charge on any atom is -0.486 e. The van der Waals surface area contributed by atoms with Crippen LogP contribution < -0.4 is 20.1 Å². The molecule has 0 radical (unpaired) electrons. The molecule has 0 saturated carbocycles. The predicted molar refractivity (Wildman–Crippen MR) is 75.4 cm³/mol. The first-order chi connectivity index (χ1) is 9.84. The molecule has 1 unspecified atom stereocenters. The fraction of sp³-hybridized carbons (Fsp3) is 0.533. The van der Waals surface area contributed by atoms with Crippen LogP contribution in [0, 0.1) is 0 Å². The minimum absolute atomic E-state index is 0.0701. The normalized spacial score (nSPS) is 21.9. The van der Waals surface area contributed by atoms with E-state index < -0.39 is 0 Å². The zero-order valence-electron chi connectivity index (χ0n) is 11.5. The van der Waals surface area contributed by atoms with E-state index in [9.17, 15) is 4.79 Å². The molecule has 1 saturated heterocycles. The third kappa shape index (κ3) is 2.88. The van der Waals surface area contributed by atoms with Crippen molar-refractivity contribution in [3.63, 3.8) is 0 Å². The molecule has 1 aromatic rings. The molecule has 3 rings (SSSR count). The van der Waals surface area contributed by atoms with Gasteiger partial charge in [-0.25, -0.2) is 0 Å². The molecule has 1 amide bonds. The maximum absolute atomic E-state index is 12.4. The molecule has 5 heteroatoms. The van der Waals surface area contributed by atoms with Crippen molar-refractivity contribution in [1.29, 1.82) is 0 Å². The lowest BCUT2D eigenvalue weighted by Crippen LogP contribution is -2.36. The van der Waals surface area contributed by atoms with Gasteiger partial charge in [-0.05, 0) is 44.5 Å². The molecule has 0 aromatic heterocycles. The van der Waals surface area contributed by atoms with Crippen LogP contribution in [0.5, 0.6) is 11.5 Å². The molecule has 2 aliphatic heterocycles. The minimum atomic E-state index is -0.0701. The highest BCUT2D eigenvalue weighted by molar-refractivity contribution is 5.98. The van der Waals surface area contributed by atoms with E-state index >= 15 is 0 Å². The Balaban J connectivity index is 1.73. The Morgan fingerprint density at radius 3 is 3.05 bits per heavy atom. The van der Waals surface area contributed by atoms with Gasteiger partial charge in [-0.15, -0.1) is 0 Å². The average Bonchev–Trinajstić information content (AvgIpc) is 2.75. The van der Waals surface area contributed by atoms with E-state index in [1.165, 1.54) is 0 Å². The molecular weight excluding hydrogens is 256 g/mol. The summed E-state index contributed by atoms with van der Waals surface area (Å²) in [4.78, 5) is 12.4. The van der Waals surface area contributed by atoms with Crippen molar-refractivity contribution in [2.24, 2.45) is 0 Å². The number of carbonyl (C=O) groups excluding carboxylic acids is 1. The van der Waals surface area contributed by atoms with Gasteiger partial charge in [0, 0.05) is 6.04 Å². The second-order valence-electron chi connectivity index (χ2n) is 5.18. The van der Waals surface area contributed by atoms with Gasteiger partial charge in [0.05, 0.1) is 5.56 Å². The molecule has 2 heterocycles. The van der Waals surface area contributed by atoms with Crippen molar-refractivity contribution in [2.45, 2.75) is 25.3 Å². The highest BCUT2D eigenvalue weighted by Gasteiger charge is 2.22. The zero-order chi connectivity index (χ0) is 13.8. The standard InChI is InChI=1S/C15H20N2O3/c18-15(17-11-3-2-7-16-8-6-11)12-4-1-5-13-14(12)20-10-9-19-13/h1,4-5,11,16H,2-3,6-10H2,(H,17,18). The Morgan fingerprint density at radius 2 is 2.10 bits per heavy atom. The molecule has 2 N–H and O–H groups in total. The topological polar surface area (TPSA) is 59.6 Å². The summed E-state index contributed by atoms with van der Waals surface area (Å²) in [5, 5.41) is 6.45. The molecule has 0 spiro atoms. The molecule has 1 fully saturated rings. The number of amides is 1. The van der Waals surface area contributed by atoms with E-state index in [1.54, 1.807) is 6.07 Å². The number of nitrogens with one attached hydrogen (secondary N) is 2. The summed E-state index contributed by atoms with van der Waals surface area (Å²) in [6, 6.07) is 5.69. The third-order valence-corrected chi connectivity index (χ3v) is 3.72. The van der Waals surface area contributed by atoms with E-state index in [4.69, 9.17) is 9.47 Å². The molecule has 1 atom stereocenters. The van der Waals surface area contributed by atoms with Gasteiger partial charge in [0.1, 0.15) is 13.2 Å². The molecule has 0 aliphatic carbocycles. The SMILES string of the molecule is O=C(NC1CCCNCC1)c1cccc2c1OCCO2. The van der Waals surface area contributed by atoms with Crippen molar-refractivity contribution < 1.29 is 14.3 Å². The first-order valence-corrected chi connectivity index (χ1v) is 7.25. The van der Waals surface area contributed by atoms with E-state index in [1.807, 2.05) is 12.1 Å². The largest absolute Gasteiger partial charge is 0.486 e. The monoisotopic (exact) mass is 276 g/mol. The number of carbonyl (C=O) groups is 1. The van der Waals surface area contributed by atoms with Crippen LogP contribution in [-0.4, -0.2) is 38.3 Å². The van der Waals surface area contributed by atoms with Gasteiger partial charge < -0.3 is 20.1 Å². The summed E-state index contributed by atoms with van der Waals surface area (Å²) in [6.45, 7) is 3.01. The summed E-state index contributed by atoms with van der Waals surface area (Å²) in [5.74, 6) is 1.16. The van der Waals surface area contributed by atoms with Crippen molar-refractivity contribution in [2.75, 3.05) is 26.3 Å². The van der Waals surface area contributed by atoms with Crippen LogP contribution in [0.4, 0.5) is 0 Å². The quantitative estimate of drug-likeness (QED) is 0.855. The number of benzene rings is 1. The molecular formula is C15H20N2O3. The Hall–Kier alpha value is -1.75. The van der Waals surface area contributed by atoms with Crippen LogP contribution in [0.25, 0.3) is 0 Å². The van der Waals surface area contributed by atoms with Crippen LogP contribution in [-0.2, 0) is 0 Å². The predicted octanol–water partition coefficient (Wildman–Crippen LogP) is 1.33. The van der Waals surface area contributed by atoms with Crippen LogP contribution in [0.2, 0.25) is 0 Å². The Labute approximate surface area is 118 Å². The lowest BCUT2D eigenvalue weighted by molar-refractivity contribution is 0.0923. The molecule has 5 nitrogen and oxygen atoms in total. The van der Waals surface area contributed by atoms with Gasteiger partial charge in [0.2, 0.25) is 0 Å². The van der Waals surface area contributed by atoms with Crippen molar-refractivity contribution in [1.82, 2.24) is 10.6 Å². The number of hydrogen-bond donors (Lipinski definition) is 2. The van der Waals surface area contributed by atoms with Crippen molar-refractivity contribution in [3.05, 3.63) is 23.8 Å². The molecule has 1 aromatic carbocycles. The number of rotatable bonds is 2. The molecule has 108 valence electrons. The molecule has 20 heavy (non-hydrogen) atoms. The smallest absolute Gasteiger partial charge is 0.255 e. The third-order valence-electron chi connectivity index (χ3n) is 3.72. The second-order valence-corrected chi connectivity index (χ2v) is 5.18. The van der Waals surface area contributed by atoms with Crippen LogP contribution in [0.3, 0.4) is 0 Å². The van der Waals surface area contributed by atoms with E-state index in [-0.39, 0.29) is 11.9 Å². The van der Waals surface area contributed by atoms with Gasteiger partial charge in [-0.1, -0.05) is 6.07 Å². The van der Waals surface area contributed by atoms with Gasteiger partial charge in [-0.3, -0.25) is 4.79 Å². The van der Waals surface area contributed by atoms with Crippen LogP contribution >= 0.6 is 0 Å². The van der Waals surface area contributed by atoms with Crippen molar-refractivity contribution in [3.8, 4) is 11.5 Å². The second kappa shape index (κ2) is 6.13. The molecule has 2 aliphatic rings. The van der Waals surface area contributed by atoms with Crippen molar-refractivity contribution >= 4 is 5.91 Å². The lowest BCUT2D eigenvalue weighted by Gasteiger charge is -2.22. The summed E-state index contributed by atoms with van der Waals surface area (Å²) < 4.78 is 11.1. The zero-order valence-corrected chi connectivity index (χ0v) is 11.5. The number of hydrogen-bond acceptors (Lipinski definition) is 4.